The standard InChI is InChI=1S/C20H16F3N5OS/c21-20(22,23)14-4-5-16-15(9-14)27-18(30-16)7-6-17(29)24-10-12-2-1-3-13(8-12)19-25-11-26-28-19/h1-5,8-9,11H,6-7,10H2,(H,24,29)(H,25,26,28). The average Bonchev–Trinajstić information content (AvgIpc) is 3.39. The predicted molar refractivity (Wildman–Crippen MR) is 107 cm³/mol. The summed E-state index contributed by atoms with van der Waals surface area (Å²) in [6, 6.07) is 11.1. The molecule has 2 aromatic carbocycles. The molecule has 0 aliphatic carbocycles. The van der Waals surface area contributed by atoms with Gasteiger partial charge in [0.1, 0.15) is 6.33 Å². The minimum atomic E-state index is -4.40. The van der Waals surface area contributed by atoms with Crippen molar-refractivity contribution in [2.45, 2.75) is 25.6 Å². The van der Waals surface area contributed by atoms with Gasteiger partial charge in [-0.2, -0.15) is 18.3 Å². The number of alkyl halides is 3. The lowest BCUT2D eigenvalue weighted by atomic mass is 10.1. The number of carbonyl (C=O) groups is 1. The summed E-state index contributed by atoms with van der Waals surface area (Å²) in [5.74, 6) is 0.489. The number of rotatable bonds is 6. The van der Waals surface area contributed by atoms with Gasteiger partial charge in [-0.1, -0.05) is 18.2 Å². The number of nitrogens with one attached hydrogen (secondary N) is 2. The summed E-state index contributed by atoms with van der Waals surface area (Å²) in [5, 5.41) is 10.1. The Kier molecular flexibility index (Phi) is 5.49. The summed E-state index contributed by atoms with van der Waals surface area (Å²) in [6.45, 7) is 0.357. The third-order valence-electron chi connectivity index (χ3n) is 4.43. The number of benzene rings is 2. The average molecular weight is 431 g/mol. The number of aryl methyl sites for hydroxylation is 1. The van der Waals surface area contributed by atoms with E-state index in [4.69, 9.17) is 0 Å². The minimum absolute atomic E-state index is 0.157. The minimum Gasteiger partial charge on any atom is -0.352 e. The molecule has 6 nitrogen and oxygen atoms in total. The van der Waals surface area contributed by atoms with E-state index in [2.05, 4.69) is 25.5 Å². The maximum Gasteiger partial charge on any atom is 0.416 e. The van der Waals surface area contributed by atoms with Crippen molar-refractivity contribution in [3.8, 4) is 11.4 Å². The molecule has 0 saturated heterocycles. The van der Waals surface area contributed by atoms with E-state index in [0.717, 1.165) is 23.3 Å². The van der Waals surface area contributed by atoms with Crippen LogP contribution >= 0.6 is 11.3 Å². The molecule has 4 rings (SSSR count). The molecule has 2 aromatic heterocycles. The molecule has 30 heavy (non-hydrogen) atoms. The molecule has 0 radical (unpaired) electrons. The summed E-state index contributed by atoms with van der Waals surface area (Å²) < 4.78 is 39.1. The molecule has 0 fully saturated rings. The van der Waals surface area contributed by atoms with Gasteiger partial charge in [0.05, 0.1) is 20.8 Å². The zero-order valence-corrected chi connectivity index (χ0v) is 16.3. The van der Waals surface area contributed by atoms with Gasteiger partial charge in [0, 0.05) is 24.9 Å². The third-order valence-corrected chi connectivity index (χ3v) is 5.53. The first-order valence-electron chi connectivity index (χ1n) is 9.06. The van der Waals surface area contributed by atoms with Crippen molar-refractivity contribution in [3.63, 3.8) is 0 Å². The van der Waals surface area contributed by atoms with Gasteiger partial charge < -0.3 is 5.32 Å². The molecule has 0 bridgehead atoms. The van der Waals surface area contributed by atoms with Crippen LogP contribution in [0.1, 0.15) is 22.6 Å². The van der Waals surface area contributed by atoms with Crippen molar-refractivity contribution in [3.05, 3.63) is 64.9 Å². The van der Waals surface area contributed by atoms with Gasteiger partial charge in [-0.05, 0) is 29.8 Å². The van der Waals surface area contributed by atoms with Crippen LogP contribution in [-0.4, -0.2) is 26.1 Å². The number of halogens is 3. The van der Waals surface area contributed by atoms with Crippen LogP contribution in [0.3, 0.4) is 0 Å². The fraction of sp³-hybridized carbons (Fsp3) is 0.200. The highest BCUT2D eigenvalue weighted by Crippen LogP contribution is 2.33. The molecule has 0 aliphatic rings. The van der Waals surface area contributed by atoms with Gasteiger partial charge in [-0.15, -0.1) is 11.3 Å². The molecule has 0 unspecified atom stereocenters. The molecule has 0 spiro atoms. The molecule has 0 aliphatic heterocycles. The van der Waals surface area contributed by atoms with Crippen molar-refractivity contribution >= 4 is 27.5 Å². The lowest BCUT2D eigenvalue weighted by molar-refractivity contribution is -0.137. The number of nitrogens with zero attached hydrogens (tertiary/aromatic N) is 3. The number of fused-ring (bicyclic) bond motifs is 1. The van der Waals surface area contributed by atoms with Gasteiger partial charge >= 0.3 is 6.18 Å². The number of amides is 1. The maximum absolute atomic E-state index is 12.8. The molecule has 154 valence electrons. The van der Waals surface area contributed by atoms with Crippen LogP contribution in [0.15, 0.2) is 48.8 Å². The van der Waals surface area contributed by atoms with Crippen LogP contribution in [0, 0.1) is 0 Å². The number of hydrogen-bond donors (Lipinski definition) is 2. The Labute approximate surface area is 173 Å². The van der Waals surface area contributed by atoms with E-state index in [1.807, 2.05) is 24.3 Å². The molecule has 2 N–H and O–H groups in total. The van der Waals surface area contributed by atoms with Crippen molar-refractivity contribution in [2.24, 2.45) is 0 Å². The van der Waals surface area contributed by atoms with E-state index in [-0.39, 0.29) is 12.3 Å². The van der Waals surface area contributed by atoms with Gasteiger partial charge in [-0.3, -0.25) is 9.89 Å². The molecule has 1 amide bonds. The highest BCUT2D eigenvalue weighted by Gasteiger charge is 2.30. The first-order chi connectivity index (χ1) is 14.4. The smallest absolute Gasteiger partial charge is 0.352 e. The van der Waals surface area contributed by atoms with E-state index in [0.29, 0.717) is 34.0 Å². The van der Waals surface area contributed by atoms with E-state index < -0.39 is 11.7 Å². The van der Waals surface area contributed by atoms with Crippen molar-refractivity contribution in [1.29, 1.82) is 0 Å². The Hall–Kier alpha value is -3.27. The number of aromatic nitrogens is 4. The zero-order valence-electron chi connectivity index (χ0n) is 15.5. The van der Waals surface area contributed by atoms with Gasteiger partial charge in [0.25, 0.3) is 0 Å². The fourth-order valence-electron chi connectivity index (χ4n) is 2.94. The summed E-state index contributed by atoms with van der Waals surface area (Å²) >= 11 is 1.30. The topological polar surface area (TPSA) is 83.6 Å². The van der Waals surface area contributed by atoms with Crippen LogP contribution in [0.5, 0.6) is 0 Å². The van der Waals surface area contributed by atoms with E-state index in [1.165, 1.54) is 23.7 Å². The zero-order chi connectivity index (χ0) is 21.1. The molecule has 0 saturated carbocycles. The highest BCUT2D eigenvalue weighted by atomic mass is 32.1. The number of aromatic amines is 1. The van der Waals surface area contributed by atoms with E-state index >= 15 is 0 Å². The van der Waals surface area contributed by atoms with Crippen LogP contribution in [0.25, 0.3) is 21.6 Å². The highest BCUT2D eigenvalue weighted by molar-refractivity contribution is 7.18. The number of carbonyl (C=O) groups excluding carboxylic acids is 1. The first-order valence-corrected chi connectivity index (χ1v) is 9.88. The lowest BCUT2D eigenvalue weighted by Gasteiger charge is -2.06. The van der Waals surface area contributed by atoms with Gasteiger partial charge in [0.15, 0.2) is 5.82 Å². The first kappa shape index (κ1) is 20.0. The molecular formula is C20H16F3N5OS. The maximum atomic E-state index is 12.8. The number of thiazole rings is 1. The molecule has 10 heteroatoms. The van der Waals surface area contributed by atoms with Crippen LogP contribution in [0.4, 0.5) is 13.2 Å². The summed E-state index contributed by atoms with van der Waals surface area (Å²) in [4.78, 5) is 20.5. The lowest BCUT2D eigenvalue weighted by Crippen LogP contribution is -2.23. The van der Waals surface area contributed by atoms with Crippen molar-refractivity contribution in [1.82, 2.24) is 25.5 Å². The number of H-pyrrole nitrogens is 1. The Morgan fingerprint density at radius 1 is 1.17 bits per heavy atom. The van der Waals surface area contributed by atoms with Gasteiger partial charge in [0.2, 0.25) is 5.91 Å². The molecule has 2 heterocycles. The second-order valence-electron chi connectivity index (χ2n) is 6.60. The van der Waals surface area contributed by atoms with Crippen LogP contribution in [0.2, 0.25) is 0 Å². The predicted octanol–water partition coefficient (Wildman–Crippen LogP) is 4.35. The van der Waals surface area contributed by atoms with Gasteiger partial charge in [-0.25, -0.2) is 9.97 Å². The molecule has 0 atom stereocenters. The van der Waals surface area contributed by atoms with E-state index in [9.17, 15) is 18.0 Å². The molecular weight excluding hydrogens is 415 g/mol. The summed E-state index contributed by atoms with van der Waals surface area (Å²) in [6.07, 6.45) is -2.41. The summed E-state index contributed by atoms with van der Waals surface area (Å²) in [7, 11) is 0. The van der Waals surface area contributed by atoms with Crippen molar-refractivity contribution in [2.75, 3.05) is 0 Å². The summed E-state index contributed by atoms with van der Waals surface area (Å²) in [5.41, 5.74) is 1.36. The Bertz CT molecular complexity index is 1170. The molecule has 4 aromatic rings. The van der Waals surface area contributed by atoms with E-state index in [1.54, 1.807) is 0 Å². The van der Waals surface area contributed by atoms with Crippen LogP contribution < -0.4 is 5.32 Å². The Morgan fingerprint density at radius 3 is 2.80 bits per heavy atom. The fourth-order valence-corrected chi connectivity index (χ4v) is 3.89. The third kappa shape index (κ3) is 4.65. The second-order valence-corrected chi connectivity index (χ2v) is 7.71. The monoisotopic (exact) mass is 431 g/mol. The second kappa shape index (κ2) is 8.23. The Morgan fingerprint density at radius 2 is 2.03 bits per heavy atom. The quantitative estimate of drug-likeness (QED) is 0.476. The Balaban J connectivity index is 1.33. The largest absolute Gasteiger partial charge is 0.416 e. The SMILES string of the molecule is O=C(CCc1nc2cc(C(F)(F)F)ccc2s1)NCc1cccc(-c2ncn[nH]2)c1. The number of hydrogen-bond acceptors (Lipinski definition) is 5. The van der Waals surface area contributed by atoms with Crippen LogP contribution in [-0.2, 0) is 23.9 Å². The van der Waals surface area contributed by atoms with Crippen molar-refractivity contribution < 1.29 is 18.0 Å². The normalized spacial score (nSPS) is 11.7.